The molecule has 0 N–H and O–H groups in total. The predicted octanol–water partition coefficient (Wildman–Crippen LogP) is 6.21. The van der Waals surface area contributed by atoms with Gasteiger partial charge < -0.3 is 9.80 Å². The van der Waals surface area contributed by atoms with E-state index in [0.717, 1.165) is 35.1 Å². The normalized spacial score (nSPS) is 14.0. The minimum atomic E-state index is 0.115. The smallest absolute Gasteiger partial charge is 0.253 e. The molecule has 1 saturated heterocycles. The average molecular weight is 451 g/mol. The van der Waals surface area contributed by atoms with Gasteiger partial charge in [-0.15, -0.1) is 11.8 Å². The Hall–Kier alpha value is -2.43. The molecule has 31 heavy (non-hydrogen) atoms. The van der Waals surface area contributed by atoms with Crippen molar-refractivity contribution < 1.29 is 4.79 Å². The second-order valence-corrected chi connectivity index (χ2v) is 9.47. The van der Waals surface area contributed by atoms with Crippen molar-refractivity contribution in [2.75, 3.05) is 31.1 Å². The van der Waals surface area contributed by atoms with Crippen molar-refractivity contribution >= 4 is 35.0 Å². The number of aryl methyl sites for hydroxylation is 2. The van der Waals surface area contributed by atoms with Gasteiger partial charge in [0.15, 0.2) is 0 Å². The second kappa shape index (κ2) is 9.80. The first kappa shape index (κ1) is 21.8. The van der Waals surface area contributed by atoms with Gasteiger partial charge in [-0.25, -0.2) is 0 Å². The monoisotopic (exact) mass is 450 g/mol. The molecular weight excluding hydrogens is 424 g/mol. The molecule has 0 radical (unpaired) electrons. The summed E-state index contributed by atoms with van der Waals surface area (Å²) in [5, 5.41) is 0.742. The van der Waals surface area contributed by atoms with Gasteiger partial charge >= 0.3 is 0 Å². The number of thioether (sulfide) groups is 1. The molecule has 0 bridgehead atoms. The Morgan fingerprint density at radius 1 is 0.935 bits per heavy atom. The number of carbonyl (C=O) groups is 1. The van der Waals surface area contributed by atoms with Crippen LogP contribution in [0.15, 0.2) is 71.6 Å². The molecule has 1 amide bonds. The minimum Gasteiger partial charge on any atom is -0.368 e. The Kier molecular flexibility index (Phi) is 6.89. The first-order valence-electron chi connectivity index (χ1n) is 10.6. The summed E-state index contributed by atoms with van der Waals surface area (Å²) < 4.78 is 0. The predicted molar refractivity (Wildman–Crippen MR) is 131 cm³/mol. The number of benzene rings is 3. The zero-order valence-electron chi connectivity index (χ0n) is 18.0. The van der Waals surface area contributed by atoms with Crippen LogP contribution in [0.3, 0.4) is 0 Å². The zero-order valence-corrected chi connectivity index (χ0v) is 19.5. The third-order valence-corrected chi connectivity index (χ3v) is 7.12. The summed E-state index contributed by atoms with van der Waals surface area (Å²) in [6.45, 7) is 7.33. The maximum Gasteiger partial charge on any atom is 0.253 e. The van der Waals surface area contributed by atoms with Crippen LogP contribution in [0, 0.1) is 13.8 Å². The van der Waals surface area contributed by atoms with Gasteiger partial charge in [0.25, 0.3) is 5.91 Å². The van der Waals surface area contributed by atoms with Crippen LogP contribution in [-0.4, -0.2) is 37.0 Å². The standard InChI is InChI=1S/C26H27ClN2OS/c1-19-9-10-25(20(2)15-19)31-18-21-5-3-6-22(16-21)26(30)29-13-11-28(12-14-29)24-8-4-7-23(27)17-24/h3-10,15-17H,11-14,18H2,1-2H3. The topological polar surface area (TPSA) is 23.6 Å². The van der Waals surface area contributed by atoms with E-state index in [1.54, 1.807) is 0 Å². The van der Waals surface area contributed by atoms with Gasteiger partial charge in [0.05, 0.1) is 0 Å². The molecule has 3 aromatic rings. The molecular formula is C26H27ClN2OS. The molecule has 0 spiro atoms. The van der Waals surface area contributed by atoms with Crippen LogP contribution in [0.5, 0.6) is 0 Å². The van der Waals surface area contributed by atoms with Crippen LogP contribution in [0.4, 0.5) is 5.69 Å². The van der Waals surface area contributed by atoms with Gasteiger partial charge in [0, 0.05) is 53.1 Å². The quantitative estimate of drug-likeness (QED) is 0.431. The molecule has 160 valence electrons. The fraction of sp³-hybridized carbons (Fsp3) is 0.269. The van der Waals surface area contributed by atoms with Crippen molar-refractivity contribution in [1.29, 1.82) is 0 Å². The number of hydrogen-bond donors (Lipinski definition) is 0. The molecule has 3 nitrogen and oxygen atoms in total. The molecule has 1 heterocycles. The number of anilines is 1. The maximum atomic E-state index is 13.1. The number of hydrogen-bond acceptors (Lipinski definition) is 3. The summed E-state index contributed by atoms with van der Waals surface area (Å²) >= 11 is 7.95. The third kappa shape index (κ3) is 5.44. The first-order valence-corrected chi connectivity index (χ1v) is 11.9. The summed E-state index contributed by atoms with van der Waals surface area (Å²) in [5.41, 5.74) is 5.65. The Bertz CT molecular complexity index is 1080. The number of carbonyl (C=O) groups excluding carboxylic acids is 1. The van der Waals surface area contributed by atoms with E-state index < -0.39 is 0 Å². The van der Waals surface area contributed by atoms with Crippen LogP contribution < -0.4 is 4.90 Å². The highest BCUT2D eigenvalue weighted by molar-refractivity contribution is 7.98. The Labute approximate surface area is 194 Å². The van der Waals surface area contributed by atoms with Crippen LogP contribution in [-0.2, 0) is 5.75 Å². The molecule has 1 aliphatic heterocycles. The number of amides is 1. The summed E-state index contributed by atoms with van der Waals surface area (Å²) in [6.07, 6.45) is 0. The number of rotatable bonds is 5. The molecule has 0 saturated carbocycles. The summed E-state index contributed by atoms with van der Waals surface area (Å²) in [7, 11) is 0. The van der Waals surface area contributed by atoms with E-state index in [4.69, 9.17) is 11.6 Å². The van der Waals surface area contributed by atoms with Crippen molar-refractivity contribution in [2.24, 2.45) is 0 Å². The molecule has 0 atom stereocenters. The van der Waals surface area contributed by atoms with Gasteiger partial charge in [-0.2, -0.15) is 0 Å². The molecule has 3 aromatic carbocycles. The molecule has 5 heteroatoms. The van der Waals surface area contributed by atoms with Gasteiger partial charge in [-0.05, 0) is 61.4 Å². The highest BCUT2D eigenvalue weighted by atomic mass is 35.5. The van der Waals surface area contributed by atoms with Gasteiger partial charge in [-0.3, -0.25) is 4.79 Å². The summed E-state index contributed by atoms with van der Waals surface area (Å²) in [4.78, 5) is 18.6. The van der Waals surface area contributed by atoms with Crippen molar-refractivity contribution in [3.63, 3.8) is 0 Å². The number of piperazine rings is 1. The highest BCUT2D eigenvalue weighted by Crippen LogP contribution is 2.27. The van der Waals surface area contributed by atoms with Gasteiger partial charge in [0.2, 0.25) is 0 Å². The summed E-state index contributed by atoms with van der Waals surface area (Å²) in [6, 6.07) is 22.5. The van der Waals surface area contributed by atoms with E-state index in [9.17, 15) is 4.79 Å². The van der Waals surface area contributed by atoms with E-state index in [0.29, 0.717) is 13.1 Å². The van der Waals surface area contributed by atoms with E-state index in [1.165, 1.54) is 21.6 Å². The Morgan fingerprint density at radius 2 is 1.71 bits per heavy atom. The molecule has 1 aliphatic rings. The highest BCUT2D eigenvalue weighted by Gasteiger charge is 2.22. The Morgan fingerprint density at radius 3 is 2.45 bits per heavy atom. The maximum absolute atomic E-state index is 13.1. The van der Waals surface area contributed by atoms with Crippen LogP contribution in [0.1, 0.15) is 27.0 Å². The molecule has 4 rings (SSSR count). The van der Waals surface area contributed by atoms with Gasteiger partial charge in [-0.1, -0.05) is 47.5 Å². The first-order chi connectivity index (χ1) is 15.0. The largest absolute Gasteiger partial charge is 0.368 e. The molecule has 1 fully saturated rings. The number of nitrogens with zero attached hydrogens (tertiary/aromatic N) is 2. The van der Waals surface area contributed by atoms with E-state index in [2.05, 4.69) is 49.1 Å². The third-order valence-electron chi connectivity index (χ3n) is 5.64. The van der Waals surface area contributed by atoms with E-state index in [1.807, 2.05) is 53.1 Å². The van der Waals surface area contributed by atoms with Crippen LogP contribution in [0.2, 0.25) is 5.02 Å². The van der Waals surface area contributed by atoms with Crippen LogP contribution >= 0.6 is 23.4 Å². The molecule has 0 unspecified atom stereocenters. The fourth-order valence-corrected chi connectivity index (χ4v) is 5.08. The second-order valence-electron chi connectivity index (χ2n) is 8.02. The van der Waals surface area contributed by atoms with E-state index in [-0.39, 0.29) is 5.91 Å². The van der Waals surface area contributed by atoms with Crippen molar-refractivity contribution in [1.82, 2.24) is 4.90 Å². The van der Waals surface area contributed by atoms with Crippen LogP contribution in [0.25, 0.3) is 0 Å². The zero-order chi connectivity index (χ0) is 21.8. The average Bonchev–Trinajstić information content (AvgIpc) is 2.78. The van der Waals surface area contributed by atoms with Crippen molar-refractivity contribution in [3.8, 4) is 0 Å². The lowest BCUT2D eigenvalue weighted by Gasteiger charge is -2.36. The lowest BCUT2D eigenvalue weighted by atomic mass is 10.1. The lowest BCUT2D eigenvalue weighted by Crippen LogP contribution is -2.48. The minimum absolute atomic E-state index is 0.115. The Balaban J connectivity index is 1.37. The lowest BCUT2D eigenvalue weighted by molar-refractivity contribution is 0.0746. The van der Waals surface area contributed by atoms with Crippen molar-refractivity contribution in [2.45, 2.75) is 24.5 Å². The SMILES string of the molecule is Cc1ccc(SCc2cccc(C(=O)N3CCN(c4cccc(Cl)c4)CC3)c2)c(C)c1. The molecule has 0 aliphatic carbocycles. The molecule has 0 aromatic heterocycles. The van der Waals surface area contributed by atoms with E-state index >= 15 is 0 Å². The fourth-order valence-electron chi connectivity index (χ4n) is 3.94. The van der Waals surface area contributed by atoms with Gasteiger partial charge in [0.1, 0.15) is 0 Å². The van der Waals surface area contributed by atoms with Crippen molar-refractivity contribution in [3.05, 3.63) is 94.0 Å². The summed E-state index contributed by atoms with van der Waals surface area (Å²) in [5.74, 6) is 0.970. The number of halogens is 1.